The Balaban J connectivity index is 2.84. The van der Waals surface area contributed by atoms with Crippen molar-refractivity contribution in [3.05, 3.63) is 0 Å². The van der Waals surface area contributed by atoms with Gasteiger partial charge in [0, 0.05) is 6.42 Å². The van der Waals surface area contributed by atoms with Crippen LogP contribution in [0.5, 0.6) is 0 Å². The Labute approximate surface area is 98.6 Å². The fraction of sp³-hybridized carbons (Fsp3) is 0.900. The van der Waals surface area contributed by atoms with Gasteiger partial charge < -0.3 is 29.9 Å². The number of rotatable bonds is 3. The van der Waals surface area contributed by atoms with Crippen molar-refractivity contribution in [1.82, 2.24) is 0 Å². The molecule has 0 aromatic rings. The van der Waals surface area contributed by atoms with Gasteiger partial charge in [-0.3, -0.25) is 4.79 Å². The SMILES string of the molecule is CCC(=O)O[C@@H]1[C@@H](O)[C@H](O)[C@@H](CO)O[C@@]1(C)O. The Kier molecular flexibility index (Phi) is 4.45. The Morgan fingerprint density at radius 1 is 1.41 bits per heavy atom. The monoisotopic (exact) mass is 250 g/mol. The molecule has 7 nitrogen and oxygen atoms in total. The molecular weight excluding hydrogens is 232 g/mol. The minimum absolute atomic E-state index is 0.0683. The molecule has 1 rings (SSSR count). The molecule has 0 bridgehead atoms. The fourth-order valence-corrected chi connectivity index (χ4v) is 1.71. The van der Waals surface area contributed by atoms with E-state index in [0.29, 0.717) is 0 Å². The van der Waals surface area contributed by atoms with E-state index in [0.717, 1.165) is 0 Å². The zero-order chi connectivity index (χ0) is 13.2. The summed E-state index contributed by atoms with van der Waals surface area (Å²) in [6.45, 7) is 2.18. The van der Waals surface area contributed by atoms with Crippen LogP contribution in [0.25, 0.3) is 0 Å². The zero-order valence-electron chi connectivity index (χ0n) is 9.74. The molecule has 100 valence electrons. The van der Waals surface area contributed by atoms with Gasteiger partial charge in [0.25, 0.3) is 0 Å². The van der Waals surface area contributed by atoms with Crippen LogP contribution in [0.1, 0.15) is 20.3 Å². The lowest BCUT2D eigenvalue weighted by molar-refractivity contribution is -0.342. The van der Waals surface area contributed by atoms with Crippen LogP contribution in [0.2, 0.25) is 0 Å². The Bertz CT molecular complexity index is 278. The predicted molar refractivity (Wildman–Crippen MR) is 54.8 cm³/mol. The van der Waals surface area contributed by atoms with E-state index in [9.17, 15) is 20.1 Å². The minimum Gasteiger partial charge on any atom is -0.454 e. The number of esters is 1. The van der Waals surface area contributed by atoms with Crippen molar-refractivity contribution in [1.29, 1.82) is 0 Å². The molecule has 0 radical (unpaired) electrons. The van der Waals surface area contributed by atoms with Gasteiger partial charge in [0.2, 0.25) is 5.79 Å². The molecule has 7 heteroatoms. The molecule has 17 heavy (non-hydrogen) atoms. The van der Waals surface area contributed by atoms with Crippen molar-refractivity contribution in [2.75, 3.05) is 6.61 Å². The molecule has 1 saturated heterocycles. The van der Waals surface area contributed by atoms with Crippen molar-refractivity contribution >= 4 is 5.97 Å². The van der Waals surface area contributed by atoms with Crippen LogP contribution in [0.15, 0.2) is 0 Å². The number of hydrogen-bond acceptors (Lipinski definition) is 7. The van der Waals surface area contributed by atoms with E-state index in [1.54, 1.807) is 6.92 Å². The van der Waals surface area contributed by atoms with Gasteiger partial charge in [-0.1, -0.05) is 6.92 Å². The fourth-order valence-electron chi connectivity index (χ4n) is 1.71. The molecule has 0 aliphatic carbocycles. The summed E-state index contributed by atoms with van der Waals surface area (Å²) in [5.41, 5.74) is 0. The van der Waals surface area contributed by atoms with Gasteiger partial charge in [0.1, 0.15) is 18.3 Å². The van der Waals surface area contributed by atoms with Crippen molar-refractivity contribution < 1.29 is 34.7 Å². The molecule has 1 aliphatic heterocycles. The average Bonchev–Trinajstić information content (AvgIpc) is 2.29. The molecular formula is C10H18O7. The third-order valence-corrected chi connectivity index (χ3v) is 2.69. The highest BCUT2D eigenvalue weighted by Crippen LogP contribution is 2.30. The standard InChI is InChI=1S/C10H18O7/c1-3-6(12)16-9-8(14)7(13)5(4-11)17-10(9,2)15/h5,7-9,11,13-15H,3-4H2,1-2H3/t5-,7-,8+,9-,10-/m1/s1. The highest BCUT2D eigenvalue weighted by Gasteiger charge is 2.52. The van der Waals surface area contributed by atoms with Gasteiger partial charge in [0.05, 0.1) is 6.61 Å². The molecule has 0 unspecified atom stereocenters. The van der Waals surface area contributed by atoms with Gasteiger partial charge in [-0.15, -0.1) is 0 Å². The van der Waals surface area contributed by atoms with Crippen LogP contribution < -0.4 is 0 Å². The summed E-state index contributed by atoms with van der Waals surface area (Å²) < 4.78 is 9.81. The molecule has 0 amide bonds. The first-order chi connectivity index (χ1) is 7.83. The van der Waals surface area contributed by atoms with Crippen LogP contribution >= 0.6 is 0 Å². The van der Waals surface area contributed by atoms with E-state index in [4.69, 9.17) is 14.6 Å². The smallest absolute Gasteiger partial charge is 0.306 e. The first-order valence-electron chi connectivity index (χ1n) is 5.40. The Morgan fingerprint density at radius 2 is 2.00 bits per heavy atom. The second kappa shape index (κ2) is 5.28. The molecule has 0 aromatic carbocycles. The lowest BCUT2D eigenvalue weighted by atomic mass is 9.93. The van der Waals surface area contributed by atoms with Crippen molar-refractivity contribution in [2.24, 2.45) is 0 Å². The summed E-state index contributed by atoms with van der Waals surface area (Å²) in [5, 5.41) is 38.1. The number of carbonyl (C=O) groups is 1. The number of hydrogen-bond donors (Lipinski definition) is 4. The molecule has 4 N–H and O–H groups in total. The Hall–Kier alpha value is -0.730. The highest BCUT2D eigenvalue weighted by atomic mass is 16.7. The lowest BCUT2D eigenvalue weighted by Gasteiger charge is -2.45. The van der Waals surface area contributed by atoms with Crippen molar-refractivity contribution in [3.63, 3.8) is 0 Å². The summed E-state index contributed by atoms with van der Waals surface area (Å²) in [6.07, 6.45) is -5.41. The number of carbonyl (C=O) groups excluding carboxylic acids is 1. The van der Waals surface area contributed by atoms with Crippen molar-refractivity contribution in [3.8, 4) is 0 Å². The summed E-state index contributed by atoms with van der Waals surface area (Å²) in [6, 6.07) is 0. The van der Waals surface area contributed by atoms with Gasteiger partial charge in [0.15, 0.2) is 6.10 Å². The summed E-state index contributed by atoms with van der Waals surface area (Å²) in [4.78, 5) is 11.1. The van der Waals surface area contributed by atoms with E-state index in [1.165, 1.54) is 6.92 Å². The molecule has 0 aromatic heterocycles. The second-order valence-electron chi connectivity index (χ2n) is 4.14. The van der Waals surface area contributed by atoms with Gasteiger partial charge >= 0.3 is 5.97 Å². The number of aliphatic hydroxyl groups is 4. The maximum atomic E-state index is 11.1. The third-order valence-electron chi connectivity index (χ3n) is 2.69. The van der Waals surface area contributed by atoms with Crippen LogP contribution in [0.4, 0.5) is 0 Å². The van der Waals surface area contributed by atoms with E-state index < -0.39 is 42.8 Å². The lowest BCUT2D eigenvalue weighted by Crippen LogP contribution is -2.65. The molecule has 1 aliphatic rings. The molecule has 0 saturated carbocycles. The Morgan fingerprint density at radius 3 is 2.47 bits per heavy atom. The highest BCUT2D eigenvalue weighted by molar-refractivity contribution is 5.69. The van der Waals surface area contributed by atoms with Gasteiger partial charge in [-0.2, -0.15) is 0 Å². The molecule has 0 spiro atoms. The predicted octanol–water partition coefficient (Wildman–Crippen LogP) is -1.87. The van der Waals surface area contributed by atoms with Crippen LogP contribution in [-0.2, 0) is 14.3 Å². The van der Waals surface area contributed by atoms with Crippen molar-refractivity contribution in [2.45, 2.75) is 50.5 Å². The second-order valence-corrected chi connectivity index (χ2v) is 4.14. The maximum Gasteiger partial charge on any atom is 0.306 e. The minimum atomic E-state index is -1.96. The topological polar surface area (TPSA) is 116 Å². The molecule has 5 atom stereocenters. The van der Waals surface area contributed by atoms with E-state index >= 15 is 0 Å². The summed E-state index contributed by atoms with van der Waals surface area (Å²) >= 11 is 0. The average molecular weight is 250 g/mol. The van der Waals surface area contributed by atoms with E-state index in [1.807, 2.05) is 0 Å². The maximum absolute atomic E-state index is 11.1. The zero-order valence-corrected chi connectivity index (χ0v) is 9.74. The summed E-state index contributed by atoms with van der Waals surface area (Å²) in [5.74, 6) is -2.59. The molecule has 1 heterocycles. The molecule has 1 fully saturated rings. The van der Waals surface area contributed by atoms with Gasteiger partial charge in [-0.05, 0) is 6.92 Å². The quantitative estimate of drug-likeness (QED) is 0.433. The van der Waals surface area contributed by atoms with Gasteiger partial charge in [-0.25, -0.2) is 0 Å². The van der Waals surface area contributed by atoms with E-state index in [-0.39, 0.29) is 6.42 Å². The first-order valence-corrected chi connectivity index (χ1v) is 5.40. The van der Waals surface area contributed by atoms with Crippen LogP contribution in [0, 0.1) is 0 Å². The summed E-state index contributed by atoms with van der Waals surface area (Å²) in [7, 11) is 0. The normalized spacial score (nSPS) is 42.2. The first kappa shape index (κ1) is 14.3. The largest absolute Gasteiger partial charge is 0.454 e. The van der Waals surface area contributed by atoms with Crippen LogP contribution in [0.3, 0.4) is 0 Å². The third kappa shape index (κ3) is 2.93. The number of aliphatic hydroxyl groups excluding tert-OH is 3. The number of ether oxygens (including phenoxy) is 2. The van der Waals surface area contributed by atoms with Crippen LogP contribution in [-0.4, -0.2) is 63.2 Å². The van der Waals surface area contributed by atoms with E-state index in [2.05, 4.69) is 0 Å².